The topological polar surface area (TPSA) is 26.3 Å². The van der Waals surface area contributed by atoms with E-state index in [9.17, 15) is 4.79 Å². The molecular weight excluding hydrogens is 294 g/mol. The zero-order valence-electron chi connectivity index (χ0n) is 10.8. The summed E-state index contributed by atoms with van der Waals surface area (Å²) in [5, 5.41) is 0. The van der Waals surface area contributed by atoms with Gasteiger partial charge in [-0.05, 0) is 0 Å². The first-order valence-electron chi connectivity index (χ1n) is 6.19. The Hall–Kier alpha value is -0.710. The maximum absolute atomic E-state index is 12.0. The van der Waals surface area contributed by atoms with Gasteiger partial charge < -0.3 is 26.2 Å². The molecule has 1 aliphatic rings. The molecule has 1 saturated heterocycles. The Morgan fingerprint density at radius 3 is 2.44 bits per heavy atom. The number of quaternary nitrogens is 1. The van der Waals surface area contributed by atoms with Crippen LogP contribution in [0.2, 0.25) is 0 Å². The van der Waals surface area contributed by atoms with E-state index >= 15 is 0 Å². The molecule has 2 rings (SSSR count). The maximum Gasteiger partial charge on any atom is 0.168 e. The average molecular weight is 314 g/mol. The summed E-state index contributed by atoms with van der Waals surface area (Å²) in [5.41, 5.74) is 0.826. The molecule has 0 amide bonds. The Morgan fingerprint density at radius 1 is 1.22 bits per heavy atom. The van der Waals surface area contributed by atoms with Crippen LogP contribution in [0, 0.1) is 0 Å². The van der Waals surface area contributed by atoms with Crippen LogP contribution in [0.15, 0.2) is 30.3 Å². The van der Waals surface area contributed by atoms with E-state index < -0.39 is 0 Å². The fourth-order valence-corrected chi connectivity index (χ4v) is 2.15. The van der Waals surface area contributed by atoms with Crippen LogP contribution >= 0.6 is 0 Å². The number of nitrogens with zero attached hydrogens (tertiary/aromatic N) is 1. The van der Waals surface area contributed by atoms with E-state index in [1.165, 1.54) is 0 Å². The lowest BCUT2D eigenvalue weighted by Crippen LogP contribution is -3.00. The van der Waals surface area contributed by atoms with Gasteiger partial charge in [0.05, 0.1) is 33.2 Å². The van der Waals surface area contributed by atoms with Gasteiger partial charge in [0.1, 0.15) is 13.1 Å². The number of likely N-dealkylation sites (N-methyl/N-ethyl adjacent to an activating group) is 1. The molecule has 4 heteroatoms. The van der Waals surface area contributed by atoms with Crippen molar-refractivity contribution in [2.24, 2.45) is 0 Å². The molecule has 0 bridgehead atoms. The van der Waals surface area contributed by atoms with Crippen molar-refractivity contribution in [2.75, 3.05) is 39.9 Å². The largest absolute Gasteiger partial charge is 1.00 e. The van der Waals surface area contributed by atoms with Crippen molar-refractivity contribution in [1.82, 2.24) is 0 Å². The Labute approximate surface area is 119 Å². The molecule has 1 aromatic carbocycles. The van der Waals surface area contributed by atoms with E-state index in [-0.39, 0.29) is 22.8 Å². The minimum atomic E-state index is 0. The molecule has 0 spiro atoms. The van der Waals surface area contributed by atoms with Gasteiger partial charge in [0.25, 0.3) is 0 Å². The zero-order chi connectivity index (χ0) is 12.1. The molecule has 0 radical (unpaired) electrons. The smallest absolute Gasteiger partial charge is 0.168 e. The van der Waals surface area contributed by atoms with Crippen LogP contribution in [0.1, 0.15) is 16.8 Å². The Balaban J connectivity index is 0.00000162. The summed E-state index contributed by atoms with van der Waals surface area (Å²) in [6.45, 7) is 4.58. The highest BCUT2D eigenvalue weighted by molar-refractivity contribution is 5.96. The molecule has 18 heavy (non-hydrogen) atoms. The molecule has 1 fully saturated rings. The van der Waals surface area contributed by atoms with Crippen LogP contribution in [-0.2, 0) is 4.74 Å². The van der Waals surface area contributed by atoms with Crippen molar-refractivity contribution in [3.63, 3.8) is 0 Å². The Bertz CT molecular complexity index is 375. The third-order valence-corrected chi connectivity index (χ3v) is 3.53. The number of ether oxygens (including phenoxy) is 1. The molecule has 0 aromatic heterocycles. The minimum Gasteiger partial charge on any atom is -1.00 e. The minimum absolute atomic E-state index is 0. The lowest BCUT2D eigenvalue weighted by atomic mass is 10.1. The number of carbonyl (C=O) groups excluding carboxylic acids is 1. The monoisotopic (exact) mass is 313 g/mol. The predicted octanol–water partition coefficient (Wildman–Crippen LogP) is -1.26. The van der Waals surface area contributed by atoms with Gasteiger partial charge in [0.2, 0.25) is 0 Å². The van der Waals surface area contributed by atoms with Crippen molar-refractivity contribution in [3.8, 4) is 0 Å². The fourth-order valence-electron chi connectivity index (χ4n) is 2.15. The van der Waals surface area contributed by atoms with E-state index in [1.807, 2.05) is 30.3 Å². The summed E-state index contributed by atoms with van der Waals surface area (Å²) in [6, 6.07) is 9.55. The molecule has 0 saturated carbocycles. The van der Waals surface area contributed by atoms with Gasteiger partial charge in [-0.2, -0.15) is 0 Å². The molecular formula is C14H20BrNO2. The summed E-state index contributed by atoms with van der Waals surface area (Å²) >= 11 is 0. The van der Waals surface area contributed by atoms with Gasteiger partial charge >= 0.3 is 0 Å². The fraction of sp³-hybridized carbons (Fsp3) is 0.500. The third-order valence-electron chi connectivity index (χ3n) is 3.53. The second kappa shape index (κ2) is 7.02. The van der Waals surface area contributed by atoms with E-state index in [1.54, 1.807) is 0 Å². The second-order valence-corrected chi connectivity index (χ2v) is 4.94. The van der Waals surface area contributed by atoms with E-state index in [0.717, 1.165) is 42.9 Å². The summed E-state index contributed by atoms with van der Waals surface area (Å²) in [6.07, 6.45) is 0.626. The number of hydrogen-bond acceptors (Lipinski definition) is 2. The first-order valence-corrected chi connectivity index (χ1v) is 6.19. The Kier molecular flexibility index (Phi) is 5.99. The number of benzene rings is 1. The second-order valence-electron chi connectivity index (χ2n) is 4.94. The maximum atomic E-state index is 12.0. The average Bonchev–Trinajstić information content (AvgIpc) is 2.38. The van der Waals surface area contributed by atoms with Crippen LogP contribution < -0.4 is 17.0 Å². The molecule has 3 nitrogen and oxygen atoms in total. The summed E-state index contributed by atoms with van der Waals surface area (Å²) in [7, 11) is 2.21. The van der Waals surface area contributed by atoms with Gasteiger partial charge in [-0.25, -0.2) is 0 Å². The van der Waals surface area contributed by atoms with Crippen LogP contribution in [0.3, 0.4) is 0 Å². The number of morpholine rings is 1. The highest BCUT2D eigenvalue weighted by atomic mass is 79.9. The van der Waals surface area contributed by atoms with Crippen molar-refractivity contribution < 1.29 is 31.0 Å². The van der Waals surface area contributed by atoms with Crippen molar-refractivity contribution in [2.45, 2.75) is 6.42 Å². The molecule has 0 unspecified atom stereocenters. The van der Waals surface area contributed by atoms with Gasteiger partial charge in [-0.1, -0.05) is 30.3 Å². The van der Waals surface area contributed by atoms with E-state index in [4.69, 9.17) is 4.74 Å². The van der Waals surface area contributed by atoms with Crippen LogP contribution in [0.4, 0.5) is 0 Å². The van der Waals surface area contributed by atoms with Gasteiger partial charge in [0, 0.05) is 5.56 Å². The number of Topliss-reactive ketones (excluding diaryl/α,β-unsaturated/α-hetero) is 1. The molecule has 1 aromatic rings. The van der Waals surface area contributed by atoms with E-state index in [2.05, 4.69) is 7.05 Å². The van der Waals surface area contributed by atoms with Gasteiger partial charge in [-0.3, -0.25) is 4.79 Å². The first-order chi connectivity index (χ1) is 8.20. The number of hydrogen-bond donors (Lipinski definition) is 0. The van der Waals surface area contributed by atoms with Crippen molar-refractivity contribution in [1.29, 1.82) is 0 Å². The standard InChI is InChI=1S/C14H20NO2.BrH/c1-15(9-11-17-12-10-15)8-7-14(16)13-5-3-2-4-6-13;/h2-6H,7-12H2,1H3;1H/q+1;/p-1. The molecule has 1 aliphatic heterocycles. The quantitative estimate of drug-likeness (QED) is 0.512. The highest BCUT2D eigenvalue weighted by Crippen LogP contribution is 2.11. The lowest BCUT2D eigenvalue weighted by molar-refractivity contribution is -0.916. The third kappa shape index (κ3) is 4.19. The number of halogens is 1. The summed E-state index contributed by atoms with van der Waals surface area (Å²) < 4.78 is 6.31. The van der Waals surface area contributed by atoms with E-state index in [0.29, 0.717) is 6.42 Å². The SMILES string of the molecule is C[N+]1(CCC(=O)c2ccccc2)CCOCC1.[Br-]. The normalized spacial score (nSPS) is 17.8. The molecule has 0 aliphatic carbocycles. The first kappa shape index (κ1) is 15.3. The van der Waals surface area contributed by atoms with Gasteiger partial charge in [-0.15, -0.1) is 0 Å². The van der Waals surface area contributed by atoms with Crippen molar-refractivity contribution >= 4 is 5.78 Å². The van der Waals surface area contributed by atoms with Crippen LogP contribution in [0.5, 0.6) is 0 Å². The molecule has 100 valence electrons. The highest BCUT2D eigenvalue weighted by Gasteiger charge is 2.25. The van der Waals surface area contributed by atoms with Crippen molar-refractivity contribution in [3.05, 3.63) is 35.9 Å². The zero-order valence-corrected chi connectivity index (χ0v) is 12.4. The molecule has 1 heterocycles. The molecule has 0 atom stereocenters. The van der Waals surface area contributed by atoms with Crippen LogP contribution in [0.25, 0.3) is 0 Å². The van der Waals surface area contributed by atoms with Crippen LogP contribution in [-0.4, -0.2) is 50.2 Å². The summed E-state index contributed by atoms with van der Waals surface area (Å²) in [5.74, 6) is 0.247. The number of carbonyl (C=O) groups is 1. The number of ketones is 1. The molecule has 0 N–H and O–H groups in total. The Morgan fingerprint density at radius 2 is 1.83 bits per heavy atom. The number of rotatable bonds is 4. The van der Waals surface area contributed by atoms with Gasteiger partial charge in [0.15, 0.2) is 5.78 Å². The summed E-state index contributed by atoms with van der Waals surface area (Å²) in [4.78, 5) is 12.0. The lowest BCUT2D eigenvalue weighted by Gasteiger charge is -2.37. The predicted molar refractivity (Wildman–Crippen MR) is 67.0 cm³/mol.